The molecule has 0 bridgehead atoms. The van der Waals surface area contributed by atoms with Crippen LogP contribution in [0, 0.1) is 5.92 Å². The van der Waals surface area contributed by atoms with Crippen molar-refractivity contribution < 1.29 is 17.4 Å². The van der Waals surface area contributed by atoms with Crippen LogP contribution >= 0.6 is 0 Å². The highest BCUT2D eigenvalue weighted by Gasteiger charge is 2.27. The highest BCUT2D eigenvalue weighted by molar-refractivity contribution is 7.85. The van der Waals surface area contributed by atoms with E-state index >= 15 is 0 Å². The summed E-state index contributed by atoms with van der Waals surface area (Å²) in [6.07, 6.45) is 2.43. The maximum Gasteiger partial charge on any atom is 0.264 e. The molecule has 0 radical (unpaired) electrons. The third-order valence-corrected chi connectivity index (χ3v) is 3.46. The Bertz CT molecular complexity index is 533. The topological polar surface area (TPSA) is 60.4 Å². The molecule has 17 heavy (non-hydrogen) atoms. The van der Waals surface area contributed by atoms with E-state index in [9.17, 15) is 13.2 Å². The molecule has 4 nitrogen and oxygen atoms in total. The first-order valence-electron chi connectivity index (χ1n) is 5.44. The fourth-order valence-corrected chi connectivity index (χ4v) is 2.44. The standard InChI is InChI=1S/C12H14O4S/c1-17(14,15)16-8-10-7-6-9-4-2-3-5-11(9)12(10)13/h2-5,10H,6-8H2,1H3. The van der Waals surface area contributed by atoms with Crippen LogP contribution in [0.1, 0.15) is 22.3 Å². The first-order chi connectivity index (χ1) is 7.97. The van der Waals surface area contributed by atoms with Crippen LogP contribution in [-0.4, -0.2) is 27.1 Å². The highest BCUT2D eigenvalue weighted by Crippen LogP contribution is 2.25. The Labute approximate surface area is 101 Å². The maximum atomic E-state index is 12.1. The summed E-state index contributed by atoms with van der Waals surface area (Å²) in [4.78, 5) is 12.1. The van der Waals surface area contributed by atoms with Crippen LogP contribution < -0.4 is 0 Å². The Kier molecular flexibility index (Phi) is 3.31. The van der Waals surface area contributed by atoms with Gasteiger partial charge in [0.25, 0.3) is 10.1 Å². The van der Waals surface area contributed by atoms with Gasteiger partial charge in [0, 0.05) is 11.5 Å². The van der Waals surface area contributed by atoms with E-state index in [-0.39, 0.29) is 18.3 Å². The lowest BCUT2D eigenvalue weighted by Gasteiger charge is -2.22. The van der Waals surface area contributed by atoms with Gasteiger partial charge in [0.15, 0.2) is 5.78 Å². The van der Waals surface area contributed by atoms with E-state index in [0.717, 1.165) is 18.2 Å². The minimum absolute atomic E-state index is 0.0181. The van der Waals surface area contributed by atoms with Gasteiger partial charge < -0.3 is 0 Å². The zero-order valence-corrected chi connectivity index (χ0v) is 10.4. The molecule has 0 fully saturated rings. The number of hydrogen-bond donors (Lipinski definition) is 0. The number of hydrogen-bond acceptors (Lipinski definition) is 4. The van der Waals surface area contributed by atoms with E-state index in [1.807, 2.05) is 18.2 Å². The largest absolute Gasteiger partial charge is 0.294 e. The predicted molar refractivity (Wildman–Crippen MR) is 63.4 cm³/mol. The molecule has 1 atom stereocenters. The van der Waals surface area contributed by atoms with E-state index in [1.165, 1.54) is 0 Å². The van der Waals surface area contributed by atoms with Gasteiger partial charge in [-0.2, -0.15) is 8.42 Å². The maximum absolute atomic E-state index is 12.1. The third-order valence-electron chi connectivity index (χ3n) is 2.90. The summed E-state index contributed by atoms with van der Waals surface area (Å²) in [7, 11) is -3.48. The first-order valence-corrected chi connectivity index (χ1v) is 7.25. The Balaban J connectivity index is 2.13. The number of rotatable bonds is 3. The number of carbonyl (C=O) groups excluding carboxylic acids is 1. The summed E-state index contributed by atoms with van der Waals surface area (Å²) in [6, 6.07) is 7.43. The van der Waals surface area contributed by atoms with Crippen molar-refractivity contribution in [1.29, 1.82) is 0 Å². The molecule has 0 heterocycles. The van der Waals surface area contributed by atoms with Crippen LogP contribution in [0.25, 0.3) is 0 Å². The molecule has 1 aliphatic rings. The predicted octanol–water partition coefficient (Wildman–Crippen LogP) is 1.41. The summed E-state index contributed by atoms with van der Waals surface area (Å²) in [5, 5.41) is 0. The lowest BCUT2D eigenvalue weighted by atomic mass is 9.83. The van der Waals surface area contributed by atoms with Gasteiger partial charge in [0.1, 0.15) is 0 Å². The molecule has 0 saturated heterocycles. The van der Waals surface area contributed by atoms with Gasteiger partial charge >= 0.3 is 0 Å². The van der Waals surface area contributed by atoms with Gasteiger partial charge in [-0.25, -0.2) is 0 Å². The highest BCUT2D eigenvalue weighted by atomic mass is 32.2. The minimum Gasteiger partial charge on any atom is -0.294 e. The fourth-order valence-electron chi connectivity index (χ4n) is 2.02. The molecular formula is C12H14O4S. The van der Waals surface area contributed by atoms with Crippen LogP contribution in [-0.2, 0) is 20.7 Å². The minimum atomic E-state index is -3.48. The average Bonchev–Trinajstić information content (AvgIpc) is 2.27. The zero-order valence-electron chi connectivity index (χ0n) is 9.55. The molecule has 0 saturated carbocycles. The number of aryl methyl sites for hydroxylation is 1. The fraction of sp³-hybridized carbons (Fsp3) is 0.417. The molecule has 1 aromatic carbocycles. The van der Waals surface area contributed by atoms with Gasteiger partial charge in [0.2, 0.25) is 0 Å². The summed E-state index contributed by atoms with van der Waals surface area (Å²) < 4.78 is 26.5. The zero-order chi connectivity index (χ0) is 12.5. The van der Waals surface area contributed by atoms with Crippen molar-refractivity contribution in [2.75, 3.05) is 12.9 Å². The summed E-state index contributed by atoms with van der Waals surface area (Å²) in [5.74, 6) is -0.366. The molecule has 0 aromatic heterocycles. The van der Waals surface area contributed by atoms with E-state index < -0.39 is 10.1 Å². The van der Waals surface area contributed by atoms with Gasteiger partial charge in [-0.15, -0.1) is 0 Å². The summed E-state index contributed by atoms with van der Waals surface area (Å²) in [5.41, 5.74) is 1.73. The van der Waals surface area contributed by atoms with Crippen LogP contribution in [0.5, 0.6) is 0 Å². The van der Waals surface area contributed by atoms with Crippen molar-refractivity contribution in [1.82, 2.24) is 0 Å². The van der Waals surface area contributed by atoms with Crippen molar-refractivity contribution in [3.05, 3.63) is 35.4 Å². The van der Waals surface area contributed by atoms with Crippen molar-refractivity contribution in [3.63, 3.8) is 0 Å². The van der Waals surface area contributed by atoms with E-state index in [2.05, 4.69) is 0 Å². The number of benzene rings is 1. The summed E-state index contributed by atoms with van der Waals surface area (Å²) in [6.45, 7) is -0.0496. The lowest BCUT2D eigenvalue weighted by Crippen LogP contribution is -2.27. The van der Waals surface area contributed by atoms with Crippen LogP contribution in [0.3, 0.4) is 0 Å². The number of Topliss-reactive ketones (excluding diaryl/α,β-unsaturated/α-hetero) is 1. The Hall–Kier alpha value is -1.20. The second-order valence-corrected chi connectivity index (χ2v) is 5.89. The monoisotopic (exact) mass is 254 g/mol. The first kappa shape index (κ1) is 12.3. The van der Waals surface area contributed by atoms with Crippen molar-refractivity contribution >= 4 is 15.9 Å². The summed E-state index contributed by atoms with van der Waals surface area (Å²) >= 11 is 0. The normalized spacial score (nSPS) is 20.1. The van der Waals surface area contributed by atoms with Crippen LogP contribution in [0.4, 0.5) is 0 Å². The molecule has 5 heteroatoms. The van der Waals surface area contributed by atoms with Crippen LogP contribution in [0.15, 0.2) is 24.3 Å². The number of fused-ring (bicyclic) bond motifs is 1. The Morgan fingerprint density at radius 1 is 1.35 bits per heavy atom. The molecule has 0 amide bonds. The van der Waals surface area contributed by atoms with Crippen molar-refractivity contribution in [2.24, 2.45) is 5.92 Å². The molecular weight excluding hydrogens is 240 g/mol. The van der Waals surface area contributed by atoms with Crippen LogP contribution in [0.2, 0.25) is 0 Å². The second kappa shape index (κ2) is 4.58. The molecule has 92 valence electrons. The SMILES string of the molecule is CS(=O)(=O)OCC1CCc2ccccc2C1=O. The molecule has 0 aliphatic heterocycles. The molecule has 1 aliphatic carbocycles. The van der Waals surface area contributed by atoms with E-state index in [1.54, 1.807) is 6.07 Å². The lowest BCUT2D eigenvalue weighted by molar-refractivity contribution is 0.0856. The van der Waals surface area contributed by atoms with Gasteiger partial charge in [-0.1, -0.05) is 24.3 Å². The smallest absolute Gasteiger partial charge is 0.264 e. The number of carbonyl (C=O) groups is 1. The second-order valence-electron chi connectivity index (χ2n) is 4.25. The quantitative estimate of drug-likeness (QED) is 0.765. The van der Waals surface area contributed by atoms with Gasteiger partial charge in [-0.3, -0.25) is 8.98 Å². The van der Waals surface area contributed by atoms with Gasteiger partial charge in [0.05, 0.1) is 12.9 Å². The molecule has 1 unspecified atom stereocenters. The molecule has 0 spiro atoms. The Morgan fingerprint density at radius 3 is 2.76 bits per heavy atom. The molecule has 1 aromatic rings. The third kappa shape index (κ3) is 2.92. The number of ketones is 1. The van der Waals surface area contributed by atoms with E-state index in [0.29, 0.717) is 12.0 Å². The average molecular weight is 254 g/mol. The van der Waals surface area contributed by atoms with E-state index in [4.69, 9.17) is 4.18 Å². The van der Waals surface area contributed by atoms with Gasteiger partial charge in [-0.05, 0) is 18.4 Å². The Morgan fingerprint density at radius 2 is 2.06 bits per heavy atom. The van der Waals surface area contributed by atoms with Crippen molar-refractivity contribution in [3.8, 4) is 0 Å². The molecule has 0 N–H and O–H groups in total. The van der Waals surface area contributed by atoms with Crippen molar-refractivity contribution in [2.45, 2.75) is 12.8 Å². The molecule has 2 rings (SSSR count).